The number of carbonyl (C=O) groups is 2. The molecule has 7 nitrogen and oxygen atoms in total. The lowest BCUT2D eigenvalue weighted by molar-refractivity contribution is -0.384. The van der Waals surface area contributed by atoms with Crippen molar-refractivity contribution < 1.29 is 18.9 Å². The van der Waals surface area contributed by atoms with Gasteiger partial charge in [0.05, 0.1) is 9.83 Å². The van der Waals surface area contributed by atoms with Crippen molar-refractivity contribution in [1.29, 1.82) is 0 Å². The van der Waals surface area contributed by atoms with Gasteiger partial charge in [-0.15, -0.1) is 0 Å². The van der Waals surface area contributed by atoms with Gasteiger partial charge in [0, 0.05) is 30.3 Å². The summed E-state index contributed by atoms with van der Waals surface area (Å²) in [4.78, 5) is 36.1. The highest BCUT2D eigenvalue weighted by Gasteiger charge is 2.34. The van der Waals surface area contributed by atoms with E-state index in [1.807, 2.05) is 6.92 Å². The average Bonchev–Trinajstić information content (AvgIpc) is 3.19. The number of hydrogen-bond acceptors (Lipinski definition) is 6. The lowest BCUT2D eigenvalue weighted by atomic mass is 10.1. The summed E-state index contributed by atoms with van der Waals surface area (Å²) in [6, 6.07) is 9.40. The van der Waals surface area contributed by atoms with Crippen LogP contribution in [-0.4, -0.2) is 27.5 Å². The highest BCUT2D eigenvalue weighted by Crippen LogP contribution is 2.33. The maximum Gasteiger partial charge on any atom is 0.293 e. The van der Waals surface area contributed by atoms with E-state index in [4.69, 9.17) is 4.42 Å². The first-order valence-electron chi connectivity index (χ1n) is 8.09. The molecule has 0 N–H and O–H groups in total. The number of benzene rings is 1. The molecule has 134 valence electrons. The van der Waals surface area contributed by atoms with Gasteiger partial charge in [-0.3, -0.25) is 24.6 Å². The summed E-state index contributed by atoms with van der Waals surface area (Å²) < 4.78 is 5.69. The molecule has 0 radical (unpaired) electrons. The second-order valence-electron chi connectivity index (χ2n) is 5.69. The zero-order valence-electron chi connectivity index (χ0n) is 14.0. The molecule has 0 saturated carbocycles. The average molecular weight is 372 g/mol. The molecule has 26 heavy (non-hydrogen) atoms. The monoisotopic (exact) mass is 372 g/mol. The minimum absolute atomic E-state index is 0.00119. The Kier molecular flexibility index (Phi) is 5.22. The van der Waals surface area contributed by atoms with Crippen molar-refractivity contribution in [1.82, 2.24) is 4.90 Å². The molecule has 0 unspecified atom stereocenters. The van der Waals surface area contributed by atoms with Gasteiger partial charge in [-0.25, -0.2) is 0 Å². The van der Waals surface area contributed by atoms with Crippen LogP contribution in [-0.2, 0) is 4.79 Å². The first kappa shape index (κ1) is 17.9. The summed E-state index contributed by atoms with van der Waals surface area (Å²) in [6.07, 6.45) is 3.22. The van der Waals surface area contributed by atoms with Crippen LogP contribution in [0.5, 0.6) is 0 Å². The lowest BCUT2D eigenvalue weighted by Gasteiger charge is -2.10. The Labute approximate surface area is 153 Å². The van der Waals surface area contributed by atoms with E-state index in [2.05, 4.69) is 0 Å². The van der Waals surface area contributed by atoms with E-state index in [0.29, 0.717) is 28.5 Å². The van der Waals surface area contributed by atoms with Crippen molar-refractivity contribution in [2.24, 2.45) is 0 Å². The molecule has 1 aliphatic heterocycles. The lowest BCUT2D eigenvalue weighted by Crippen LogP contribution is -2.29. The van der Waals surface area contributed by atoms with Gasteiger partial charge in [-0.2, -0.15) is 0 Å². The molecule has 0 aliphatic carbocycles. The Hall–Kier alpha value is -2.87. The number of nitro groups is 1. The van der Waals surface area contributed by atoms with Crippen LogP contribution in [0, 0.1) is 10.1 Å². The number of furan rings is 1. The minimum atomic E-state index is -0.466. The van der Waals surface area contributed by atoms with Gasteiger partial charge in [0.25, 0.3) is 16.8 Å². The Bertz CT molecular complexity index is 885. The zero-order valence-corrected chi connectivity index (χ0v) is 14.8. The summed E-state index contributed by atoms with van der Waals surface area (Å²) in [5, 5.41) is 10.4. The third-order valence-electron chi connectivity index (χ3n) is 3.87. The maximum absolute atomic E-state index is 12.3. The number of unbranched alkanes of at least 4 members (excludes halogenated alkanes) is 1. The number of hydrogen-bond donors (Lipinski definition) is 0. The van der Waals surface area contributed by atoms with Crippen LogP contribution >= 0.6 is 11.8 Å². The van der Waals surface area contributed by atoms with Gasteiger partial charge in [0.2, 0.25) is 0 Å². The molecule has 8 heteroatoms. The second kappa shape index (κ2) is 7.57. The van der Waals surface area contributed by atoms with Crippen LogP contribution in [0.3, 0.4) is 0 Å². The molecule has 1 saturated heterocycles. The molecule has 1 fully saturated rings. The van der Waals surface area contributed by atoms with E-state index in [0.717, 1.165) is 24.6 Å². The van der Waals surface area contributed by atoms with Crippen LogP contribution in [0.1, 0.15) is 25.5 Å². The normalized spacial score (nSPS) is 15.9. The summed E-state index contributed by atoms with van der Waals surface area (Å²) >= 11 is 0.901. The predicted octanol–water partition coefficient (Wildman–Crippen LogP) is 4.69. The van der Waals surface area contributed by atoms with Crippen molar-refractivity contribution in [2.75, 3.05) is 6.54 Å². The third-order valence-corrected chi connectivity index (χ3v) is 4.78. The number of amides is 2. The van der Waals surface area contributed by atoms with Crippen LogP contribution in [0.2, 0.25) is 0 Å². The maximum atomic E-state index is 12.3. The molecular formula is C18H16N2O5S. The highest BCUT2D eigenvalue weighted by molar-refractivity contribution is 8.18. The quantitative estimate of drug-likeness (QED) is 0.415. The van der Waals surface area contributed by atoms with Crippen LogP contribution in [0.4, 0.5) is 10.5 Å². The first-order chi connectivity index (χ1) is 12.5. The second-order valence-corrected chi connectivity index (χ2v) is 6.69. The van der Waals surface area contributed by atoms with Gasteiger partial charge in [-0.1, -0.05) is 13.3 Å². The Morgan fingerprint density at radius 1 is 1.19 bits per heavy atom. The van der Waals surface area contributed by atoms with Crippen LogP contribution < -0.4 is 0 Å². The van der Waals surface area contributed by atoms with E-state index < -0.39 is 4.92 Å². The molecule has 1 aliphatic rings. The number of nitro benzene ring substituents is 1. The molecule has 1 aromatic carbocycles. The van der Waals surface area contributed by atoms with E-state index in [1.165, 1.54) is 17.0 Å². The Morgan fingerprint density at radius 3 is 2.58 bits per heavy atom. The number of imide groups is 1. The summed E-state index contributed by atoms with van der Waals surface area (Å²) in [5.74, 6) is 0.664. The van der Waals surface area contributed by atoms with Crippen LogP contribution in [0.15, 0.2) is 45.7 Å². The highest BCUT2D eigenvalue weighted by atomic mass is 32.2. The van der Waals surface area contributed by atoms with E-state index in [1.54, 1.807) is 30.3 Å². The molecule has 2 amide bonds. The Balaban J connectivity index is 1.78. The van der Waals surface area contributed by atoms with E-state index in [9.17, 15) is 19.7 Å². The molecule has 0 bridgehead atoms. The van der Waals surface area contributed by atoms with Gasteiger partial charge >= 0.3 is 0 Å². The fraction of sp³-hybridized carbons (Fsp3) is 0.222. The molecular weight excluding hydrogens is 356 g/mol. The van der Waals surface area contributed by atoms with Gasteiger partial charge < -0.3 is 4.42 Å². The van der Waals surface area contributed by atoms with Gasteiger partial charge in [0.15, 0.2) is 0 Å². The standard InChI is InChI=1S/C18H16N2O5S/c1-2-3-10-19-17(21)16(26-18(19)22)11-14-8-9-15(25-14)12-4-6-13(7-5-12)20(23)24/h4-9,11H,2-3,10H2,1H3/b16-11+. The van der Waals surface area contributed by atoms with Gasteiger partial charge in [0.1, 0.15) is 11.5 Å². The molecule has 2 aromatic rings. The summed E-state index contributed by atoms with van der Waals surface area (Å²) in [7, 11) is 0. The smallest absolute Gasteiger partial charge is 0.293 e. The molecule has 1 aromatic heterocycles. The zero-order chi connectivity index (χ0) is 18.7. The topological polar surface area (TPSA) is 93.7 Å². The van der Waals surface area contributed by atoms with E-state index in [-0.39, 0.29) is 16.8 Å². The first-order valence-corrected chi connectivity index (χ1v) is 8.91. The number of thioether (sulfide) groups is 1. The minimum Gasteiger partial charge on any atom is -0.457 e. The molecule has 0 atom stereocenters. The van der Waals surface area contributed by atoms with Crippen molar-refractivity contribution in [3.05, 3.63) is 57.2 Å². The van der Waals surface area contributed by atoms with Crippen molar-refractivity contribution in [3.8, 4) is 11.3 Å². The third kappa shape index (κ3) is 3.70. The van der Waals surface area contributed by atoms with Crippen molar-refractivity contribution in [2.45, 2.75) is 19.8 Å². The summed E-state index contributed by atoms with van der Waals surface area (Å²) in [6.45, 7) is 2.42. The fourth-order valence-electron chi connectivity index (χ4n) is 2.47. The number of non-ortho nitro benzene ring substituents is 1. The fourth-order valence-corrected chi connectivity index (χ4v) is 3.32. The number of nitrogens with zero attached hydrogens (tertiary/aromatic N) is 2. The number of carbonyl (C=O) groups excluding carboxylic acids is 2. The van der Waals surface area contributed by atoms with Gasteiger partial charge in [-0.05, 0) is 42.4 Å². The largest absolute Gasteiger partial charge is 0.457 e. The summed E-state index contributed by atoms with van der Waals surface area (Å²) in [5.41, 5.74) is 0.688. The van der Waals surface area contributed by atoms with Crippen molar-refractivity contribution >= 4 is 34.7 Å². The van der Waals surface area contributed by atoms with Crippen molar-refractivity contribution in [3.63, 3.8) is 0 Å². The molecule has 2 heterocycles. The van der Waals surface area contributed by atoms with Crippen LogP contribution in [0.25, 0.3) is 17.4 Å². The molecule has 3 rings (SSSR count). The Morgan fingerprint density at radius 2 is 1.92 bits per heavy atom. The van der Waals surface area contributed by atoms with E-state index >= 15 is 0 Å². The number of rotatable bonds is 6. The predicted molar refractivity (Wildman–Crippen MR) is 98.4 cm³/mol. The molecule has 0 spiro atoms. The SMILES string of the molecule is CCCCN1C(=O)S/C(=C/c2ccc(-c3ccc([N+](=O)[O-])cc3)o2)C1=O.